The van der Waals surface area contributed by atoms with Crippen LogP contribution in [-0.2, 0) is 10.3 Å². The number of rotatable bonds is 3. The van der Waals surface area contributed by atoms with Crippen molar-refractivity contribution < 1.29 is 4.74 Å². The highest BCUT2D eigenvalue weighted by molar-refractivity contribution is 9.10. The van der Waals surface area contributed by atoms with Crippen molar-refractivity contribution in [1.29, 1.82) is 5.26 Å². The molecule has 1 aromatic carbocycles. The Kier molecular flexibility index (Phi) is 4.32. The van der Waals surface area contributed by atoms with Crippen molar-refractivity contribution in [3.05, 3.63) is 34.3 Å². The topological polar surface area (TPSA) is 33.0 Å². The molecule has 1 aromatic rings. The third-order valence-electron chi connectivity index (χ3n) is 4.49. The molecule has 0 aromatic heterocycles. The van der Waals surface area contributed by atoms with Crippen LogP contribution in [0.15, 0.2) is 28.7 Å². The molecule has 1 saturated heterocycles. The lowest BCUT2D eigenvalue weighted by Crippen LogP contribution is -2.40. The van der Waals surface area contributed by atoms with Crippen LogP contribution in [-0.4, -0.2) is 6.61 Å². The molecule has 2 nitrogen and oxygen atoms in total. The van der Waals surface area contributed by atoms with Gasteiger partial charge in [0.2, 0.25) is 0 Å². The molecule has 19 heavy (non-hydrogen) atoms. The van der Waals surface area contributed by atoms with Crippen LogP contribution in [0, 0.1) is 16.7 Å². The van der Waals surface area contributed by atoms with Crippen molar-refractivity contribution in [2.75, 3.05) is 6.61 Å². The van der Waals surface area contributed by atoms with Crippen molar-refractivity contribution in [2.45, 2.75) is 45.1 Å². The third kappa shape index (κ3) is 3.01. The summed E-state index contributed by atoms with van der Waals surface area (Å²) in [6, 6.07) is 10.7. The van der Waals surface area contributed by atoms with Crippen LogP contribution in [0.1, 0.15) is 45.1 Å². The van der Waals surface area contributed by atoms with Crippen molar-refractivity contribution >= 4 is 15.9 Å². The van der Waals surface area contributed by atoms with Gasteiger partial charge in [0.25, 0.3) is 0 Å². The standard InChI is InChI=1S/C16H20BrNO/c1-3-16(10-11-18)9-8-15(2,19-12-16)13-4-6-14(17)7-5-13/h4-7H,3,8-10,12H2,1-2H3. The van der Waals surface area contributed by atoms with Crippen LogP contribution in [0.25, 0.3) is 0 Å². The summed E-state index contributed by atoms with van der Waals surface area (Å²) < 4.78 is 7.27. The van der Waals surface area contributed by atoms with E-state index >= 15 is 0 Å². The first-order valence-corrected chi connectivity index (χ1v) is 7.60. The Labute approximate surface area is 123 Å². The van der Waals surface area contributed by atoms with Crippen LogP contribution in [0.4, 0.5) is 0 Å². The molecule has 1 aliphatic heterocycles. The summed E-state index contributed by atoms with van der Waals surface area (Å²) in [5.74, 6) is 0. The lowest BCUT2D eigenvalue weighted by atomic mass is 9.73. The fraction of sp³-hybridized carbons (Fsp3) is 0.562. The molecule has 1 heterocycles. The maximum atomic E-state index is 8.98. The van der Waals surface area contributed by atoms with E-state index in [2.05, 4.69) is 60.1 Å². The second-order valence-electron chi connectivity index (χ2n) is 5.71. The zero-order valence-electron chi connectivity index (χ0n) is 11.6. The molecule has 2 atom stereocenters. The maximum absolute atomic E-state index is 8.98. The zero-order valence-corrected chi connectivity index (χ0v) is 13.2. The summed E-state index contributed by atoms with van der Waals surface area (Å²) in [6.07, 6.45) is 3.64. The van der Waals surface area contributed by atoms with Crippen LogP contribution >= 0.6 is 15.9 Å². The van der Waals surface area contributed by atoms with E-state index in [4.69, 9.17) is 10.00 Å². The molecule has 2 rings (SSSR count). The quantitative estimate of drug-likeness (QED) is 0.802. The van der Waals surface area contributed by atoms with Gasteiger partial charge in [-0.15, -0.1) is 0 Å². The molecule has 3 heteroatoms. The van der Waals surface area contributed by atoms with Crippen molar-refractivity contribution in [1.82, 2.24) is 0 Å². The summed E-state index contributed by atoms with van der Waals surface area (Å²) in [6.45, 7) is 4.99. The molecule has 0 N–H and O–H groups in total. The Hall–Kier alpha value is -0.850. The van der Waals surface area contributed by atoms with Gasteiger partial charge in [-0.25, -0.2) is 0 Å². The third-order valence-corrected chi connectivity index (χ3v) is 5.02. The van der Waals surface area contributed by atoms with Gasteiger partial charge in [0.05, 0.1) is 18.3 Å². The fourth-order valence-corrected chi connectivity index (χ4v) is 2.97. The lowest BCUT2D eigenvalue weighted by molar-refractivity contribution is -0.129. The van der Waals surface area contributed by atoms with Crippen LogP contribution in [0.3, 0.4) is 0 Å². The van der Waals surface area contributed by atoms with Gasteiger partial charge in [0, 0.05) is 16.3 Å². The summed E-state index contributed by atoms with van der Waals surface area (Å²) in [7, 11) is 0. The summed E-state index contributed by atoms with van der Waals surface area (Å²) in [4.78, 5) is 0. The number of nitrogens with zero attached hydrogens (tertiary/aromatic N) is 1. The van der Waals surface area contributed by atoms with Gasteiger partial charge in [-0.1, -0.05) is 35.0 Å². The van der Waals surface area contributed by atoms with E-state index in [1.807, 2.05) is 0 Å². The molecule has 0 amide bonds. The highest BCUT2D eigenvalue weighted by Crippen LogP contribution is 2.45. The minimum atomic E-state index is -0.213. The van der Waals surface area contributed by atoms with Crippen molar-refractivity contribution in [2.24, 2.45) is 5.41 Å². The van der Waals surface area contributed by atoms with Gasteiger partial charge in [-0.3, -0.25) is 0 Å². The molecule has 0 aliphatic carbocycles. The van der Waals surface area contributed by atoms with E-state index in [1.165, 1.54) is 5.56 Å². The Morgan fingerprint density at radius 3 is 2.47 bits per heavy atom. The number of halogens is 1. The predicted molar refractivity (Wildman–Crippen MR) is 79.6 cm³/mol. The van der Waals surface area contributed by atoms with E-state index in [1.54, 1.807) is 0 Å². The summed E-state index contributed by atoms with van der Waals surface area (Å²) in [5.41, 5.74) is 1.07. The van der Waals surface area contributed by atoms with Crippen LogP contribution in [0.5, 0.6) is 0 Å². The Morgan fingerprint density at radius 2 is 2.00 bits per heavy atom. The number of hydrogen-bond donors (Lipinski definition) is 0. The number of benzene rings is 1. The van der Waals surface area contributed by atoms with Gasteiger partial charge in [-0.2, -0.15) is 5.26 Å². The van der Waals surface area contributed by atoms with Crippen molar-refractivity contribution in [3.63, 3.8) is 0 Å². The maximum Gasteiger partial charge on any atom is 0.0903 e. The average molecular weight is 322 g/mol. The Bertz CT molecular complexity index is 467. The first-order valence-electron chi connectivity index (χ1n) is 6.81. The minimum absolute atomic E-state index is 0.0592. The van der Waals surface area contributed by atoms with E-state index in [9.17, 15) is 0 Å². The van der Waals surface area contributed by atoms with Gasteiger partial charge in [0.15, 0.2) is 0 Å². The van der Waals surface area contributed by atoms with Gasteiger partial charge in [-0.05, 0) is 43.9 Å². The first kappa shape index (κ1) is 14.6. The smallest absolute Gasteiger partial charge is 0.0903 e. The summed E-state index contributed by atoms with van der Waals surface area (Å²) >= 11 is 3.46. The molecular formula is C16H20BrNO. The minimum Gasteiger partial charge on any atom is -0.370 e. The van der Waals surface area contributed by atoms with E-state index in [-0.39, 0.29) is 11.0 Å². The Morgan fingerprint density at radius 1 is 1.32 bits per heavy atom. The molecule has 0 bridgehead atoms. The molecule has 1 aliphatic rings. The van der Waals surface area contributed by atoms with Crippen LogP contribution < -0.4 is 0 Å². The molecule has 2 unspecified atom stereocenters. The molecule has 0 radical (unpaired) electrons. The van der Waals surface area contributed by atoms with E-state index in [0.717, 1.165) is 23.7 Å². The first-order chi connectivity index (χ1) is 9.03. The van der Waals surface area contributed by atoms with Gasteiger partial charge < -0.3 is 4.74 Å². The molecule has 0 saturated carbocycles. The predicted octanol–water partition coefficient (Wildman–Crippen LogP) is 4.78. The number of ether oxygens (including phenoxy) is 1. The highest BCUT2D eigenvalue weighted by Gasteiger charge is 2.41. The van der Waals surface area contributed by atoms with E-state index < -0.39 is 0 Å². The molecule has 102 valence electrons. The van der Waals surface area contributed by atoms with Gasteiger partial charge >= 0.3 is 0 Å². The number of hydrogen-bond acceptors (Lipinski definition) is 2. The second-order valence-corrected chi connectivity index (χ2v) is 6.63. The van der Waals surface area contributed by atoms with Gasteiger partial charge in [0.1, 0.15) is 0 Å². The molecule has 0 spiro atoms. The van der Waals surface area contributed by atoms with E-state index in [0.29, 0.717) is 13.0 Å². The van der Waals surface area contributed by atoms with Crippen molar-refractivity contribution in [3.8, 4) is 6.07 Å². The molecular weight excluding hydrogens is 302 g/mol. The lowest BCUT2D eigenvalue weighted by Gasteiger charge is -2.44. The largest absolute Gasteiger partial charge is 0.370 e. The zero-order chi connectivity index (χ0) is 13.9. The molecule has 1 fully saturated rings. The number of nitriles is 1. The normalized spacial score (nSPS) is 30.8. The monoisotopic (exact) mass is 321 g/mol. The Balaban J connectivity index is 2.13. The second kappa shape index (κ2) is 5.64. The fourth-order valence-electron chi connectivity index (χ4n) is 2.70. The summed E-state index contributed by atoms with van der Waals surface area (Å²) in [5, 5.41) is 8.98. The average Bonchev–Trinajstić information content (AvgIpc) is 2.43. The SMILES string of the molecule is CCC1(CC#N)CCC(C)(c2ccc(Br)cc2)OC1. The highest BCUT2D eigenvalue weighted by atomic mass is 79.9. The van der Waals surface area contributed by atoms with Crippen LogP contribution in [0.2, 0.25) is 0 Å².